The molecule has 12 nitrogen and oxygen atoms in total. The molecule has 0 atom stereocenters. The number of benzene rings is 2. The molecule has 1 amide bonds. The van der Waals surface area contributed by atoms with Crippen LogP contribution in [0.2, 0.25) is 0 Å². The second-order valence-corrected chi connectivity index (χ2v) is 7.28. The van der Waals surface area contributed by atoms with Gasteiger partial charge >= 0.3 is 0 Å². The van der Waals surface area contributed by atoms with Crippen molar-refractivity contribution in [3.05, 3.63) is 86.7 Å². The number of piperazine rings is 1. The molecule has 2 heterocycles. The van der Waals surface area contributed by atoms with Crippen molar-refractivity contribution in [2.24, 2.45) is 0 Å². The summed E-state index contributed by atoms with van der Waals surface area (Å²) in [5.41, 5.74) is -0.158. The Hall–Kier alpha value is -4.61. The van der Waals surface area contributed by atoms with Gasteiger partial charge in [-0.15, -0.1) is 0 Å². The van der Waals surface area contributed by atoms with Crippen molar-refractivity contribution in [1.82, 2.24) is 9.97 Å². The Morgan fingerprint density at radius 3 is 2.06 bits per heavy atom. The van der Waals surface area contributed by atoms with Crippen LogP contribution in [0.3, 0.4) is 0 Å². The number of nitro groups is 2. The number of non-ortho nitro benzene ring substituents is 2. The van der Waals surface area contributed by atoms with E-state index in [1.165, 1.54) is 6.33 Å². The summed E-state index contributed by atoms with van der Waals surface area (Å²) >= 11 is 0. The third-order valence-electron chi connectivity index (χ3n) is 5.21. The monoisotopic (exact) mass is 449 g/mol. The number of hydrogen-bond acceptors (Lipinski definition) is 9. The van der Waals surface area contributed by atoms with Gasteiger partial charge in [0.2, 0.25) is 0 Å². The molecule has 33 heavy (non-hydrogen) atoms. The van der Waals surface area contributed by atoms with E-state index in [1.54, 1.807) is 6.07 Å². The smallest absolute Gasteiger partial charge is 0.277 e. The molecule has 1 aliphatic rings. The van der Waals surface area contributed by atoms with Crippen LogP contribution in [0.5, 0.6) is 0 Å². The van der Waals surface area contributed by atoms with Crippen LogP contribution in [0.4, 0.5) is 28.7 Å². The number of amides is 1. The summed E-state index contributed by atoms with van der Waals surface area (Å²) in [5.74, 6) is 0.0584. The Kier molecular flexibility index (Phi) is 6.06. The quantitative estimate of drug-likeness (QED) is 0.443. The van der Waals surface area contributed by atoms with Gasteiger partial charge in [-0.3, -0.25) is 25.0 Å². The lowest BCUT2D eigenvalue weighted by Crippen LogP contribution is -2.46. The number of carbonyl (C=O) groups excluding carboxylic acids is 1. The van der Waals surface area contributed by atoms with Gasteiger partial charge in [0.25, 0.3) is 17.3 Å². The molecule has 0 spiro atoms. The van der Waals surface area contributed by atoms with Gasteiger partial charge < -0.3 is 15.1 Å². The summed E-state index contributed by atoms with van der Waals surface area (Å²) in [6.07, 6.45) is 1.31. The molecule has 0 saturated carbocycles. The molecule has 1 aliphatic heterocycles. The van der Waals surface area contributed by atoms with E-state index in [0.717, 1.165) is 50.1 Å². The topological polar surface area (TPSA) is 148 Å². The molecular weight excluding hydrogens is 430 g/mol. The minimum Gasteiger partial charge on any atom is -0.368 e. The van der Waals surface area contributed by atoms with E-state index in [1.807, 2.05) is 18.2 Å². The SMILES string of the molecule is O=C(Nc1cc(N2CCN(c3ccccc3)CC2)ncn1)c1cc([N+](=O)[O-])cc([N+](=O)[O-])c1. The highest BCUT2D eigenvalue weighted by atomic mass is 16.6. The van der Waals surface area contributed by atoms with E-state index in [9.17, 15) is 25.0 Å². The van der Waals surface area contributed by atoms with Crippen LogP contribution >= 0.6 is 0 Å². The van der Waals surface area contributed by atoms with Gasteiger partial charge in [0, 0.05) is 50.1 Å². The summed E-state index contributed by atoms with van der Waals surface area (Å²) in [7, 11) is 0. The lowest BCUT2D eigenvalue weighted by Gasteiger charge is -2.36. The number of nitrogens with zero attached hydrogens (tertiary/aromatic N) is 6. The van der Waals surface area contributed by atoms with E-state index in [2.05, 4.69) is 37.2 Å². The third kappa shape index (κ3) is 5.01. The summed E-state index contributed by atoms with van der Waals surface area (Å²) in [5, 5.41) is 24.7. The molecule has 4 rings (SSSR count). The normalized spacial score (nSPS) is 13.5. The third-order valence-corrected chi connectivity index (χ3v) is 5.21. The van der Waals surface area contributed by atoms with Crippen molar-refractivity contribution < 1.29 is 14.6 Å². The lowest BCUT2D eigenvalue weighted by atomic mass is 10.1. The Balaban J connectivity index is 1.46. The van der Waals surface area contributed by atoms with Crippen molar-refractivity contribution >= 4 is 34.6 Å². The van der Waals surface area contributed by atoms with Gasteiger partial charge in [-0.2, -0.15) is 0 Å². The molecule has 1 fully saturated rings. The first-order valence-corrected chi connectivity index (χ1v) is 10.0. The average Bonchev–Trinajstić information content (AvgIpc) is 2.84. The first-order valence-electron chi connectivity index (χ1n) is 10.0. The maximum Gasteiger partial charge on any atom is 0.277 e. The van der Waals surface area contributed by atoms with Crippen molar-refractivity contribution in [3.63, 3.8) is 0 Å². The molecule has 2 aromatic carbocycles. The number of anilines is 3. The molecular formula is C21H19N7O5. The highest BCUT2D eigenvalue weighted by molar-refractivity contribution is 6.04. The molecule has 168 valence electrons. The molecule has 1 aromatic heterocycles. The molecule has 1 saturated heterocycles. The standard InChI is InChI=1S/C21H19N7O5/c29-21(15-10-17(27(30)31)12-18(11-15)28(32)33)24-19-13-20(23-14-22-19)26-8-6-25(7-9-26)16-4-2-1-3-5-16/h1-5,10-14H,6-9H2,(H,22,23,24,29). The number of para-hydroxylation sites is 1. The maximum absolute atomic E-state index is 12.6. The summed E-state index contributed by atoms with van der Waals surface area (Å²) in [6, 6.07) is 14.5. The van der Waals surface area contributed by atoms with Gasteiger partial charge in [-0.05, 0) is 12.1 Å². The first kappa shape index (κ1) is 21.6. The van der Waals surface area contributed by atoms with Crippen molar-refractivity contribution in [2.75, 3.05) is 41.3 Å². The molecule has 3 aromatic rings. The van der Waals surface area contributed by atoms with Gasteiger partial charge in [0.15, 0.2) is 0 Å². The molecule has 0 aliphatic carbocycles. The molecule has 0 radical (unpaired) electrons. The van der Waals surface area contributed by atoms with Crippen molar-refractivity contribution in [2.45, 2.75) is 0 Å². The second-order valence-electron chi connectivity index (χ2n) is 7.28. The molecule has 12 heteroatoms. The van der Waals surface area contributed by atoms with E-state index < -0.39 is 27.1 Å². The first-order chi connectivity index (χ1) is 15.9. The largest absolute Gasteiger partial charge is 0.368 e. The number of nitro benzene ring substituents is 2. The van der Waals surface area contributed by atoms with Crippen LogP contribution in [-0.2, 0) is 0 Å². The Labute approximate surface area is 187 Å². The zero-order valence-electron chi connectivity index (χ0n) is 17.3. The Morgan fingerprint density at radius 2 is 1.45 bits per heavy atom. The number of carbonyl (C=O) groups is 1. The number of rotatable bonds is 6. The summed E-state index contributed by atoms with van der Waals surface area (Å²) in [4.78, 5) is 45.8. The van der Waals surface area contributed by atoms with Gasteiger partial charge in [0.1, 0.15) is 18.0 Å². The summed E-state index contributed by atoms with van der Waals surface area (Å²) in [6.45, 7) is 3.03. The number of aromatic nitrogens is 2. The minimum atomic E-state index is -0.790. The molecule has 0 unspecified atom stereocenters. The van der Waals surface area contributed by atoms with Crippen LogP contribution in [0, 0.1) is 20.2 Å². The maximum atomic E-state index is 12.6. The van der Waals surface area contributed by atoms with E-state index >= 15 is 0 Å². The highest BCUT2D eigenvalue weighted by Gasteiger charge is 2.22. The van der Waals surface area contributed by atoms with Gasteiger partial charge in [-0.1, -0.05) is 18.2 Å². The fourth-order valence-corrected chi connectivity index (χ4v) is 3.55. The fraction of sp³-hybridized carbons (Fsp3) is 0.190. The molecule has 1 N–H and O–H groups in total. The van der Waals surface area contributed by atoms with Gasteiger partial charge in [0.05, 0.1) is 21.5 Å². The van der Waals surface area contributed by atoms with E-state index in [0.29, 0.717) is 5.82 Å². The van der Waals surface area contributed by atoms with Crippen LogP contribution in [0.15, 0.2) is 60.9 Å². The molecule has 0 bridgehead atoms. The Bertz CT molecular complexity index is 1160. The van der Waals surface area contributed by atoms with Crippen LogP contribution in [0.1, 0.15) is 10.4 Å². The predicted molar refractivity (Wildman–Crippen MR) is 121 cm³/mol. The van der Waals surface area contributed by atoms with Crippen LogP contribution in [0.25, 0.3) is 0 Å². The lowest BCUT2D eigenvalue weighted by molar-refractivity contribution is -0.394. The van der Waals surface area contributed by atoms with Crippen molar-refractivity contribution in [1.29, 1.82) is 0 Å². The minimum absolute atomic E-state index is 0.185. The zero-order chi connectivity index (χ0) is 23.4. The highest BCUT2D eigenvalue weighted by Crippen LogP contribution is 2.24. The fourth-order valence-electron chi connectivity index (χ4n) is 3.55. The zero-order valence-corrected chi connectivity index (χ0v) is 17.3. The predicted octanol–water partition coefficient (Wildman–Crippen LogP) is 2.87. The van der Waals surface area contributed by atoms with Crippen molar-refractivity contribution in [3.8, 4) is 0 Å². The number of hydrogen-bond donors (Lipinski definition) is 1. The summed E-state index contributed by atoms with van der Waals surface area (Å²) < 4.78 is 0. The van der Waals surface area contributed by atoms with E-state index in [4.69, 9.17) is 0 Å². The second kappa shape index (κ2) is 9.26. The van der Waals surface area contributed by atoms with Crippen LogP contribution in [-0.4, -0.2) is 51.9 Å². The number of nitrogens with one attached hydrogen (secondary N) is 1. The van der Waals surface area contributed by atoms with Gasteiger partial charge in [-0.25, -0.2) is 9.97 Å². The van der Waals surface area contributed by atoms with E-state index in [-0.39, 0.29) is 11.4 Å². The Morgan fingerprint density at radius 1 is 0.848 bits per heavy atom. The van der Waals surface area contributed by atoms with Crippen LogP contribution < -0.4 is 15.1 Å². The average molecular weight is 449 g/mol.